The van der Waals surface area contributed by atoms with Gasteiger partial charge in [0.15, 0.2) is 6.10 Å². The normalized spacial score (nSPS) is 20.3. The lowest BCUT2D eigenvalue weighted by Gasteiger charge is -2.43. The van der Waals surface area contributed by atoms with Crippen LogP contribution >= 0.6 is 0 Å². The molecule has 4 aliphatic rings. The number of nitrogens with zero attached hydrogens (tertiary/aromatic N) is 5. The highest BCUT2D eigenvalue weighted by Crippen LogP contribution is 2.26. The number of ether oxygens (including phenoxy) is 1. The van der Waals surface area contributed by atoms with Crippen molar-refractivity contribution < 1.29 is 33.9 Å². The van der Waals surface area contributed by atoms with E-state index in [4.69, 9.17) is 9.57 Å². The van der Waals surface area contributed by atoms with Crippen LogP contribution in [0.15, 0.2) is 42.5 Å². The van der Waals surface area contributed by atoms with Gasteiger partial charge in [0.1, 0.15) is 5.75 Å². The Labute approximate surface area is 299 Å². The van der Waals surface area contributed by atoms with Gasteiger partial charge in [0.25, 0.3) is 11.8 Å². The average molecular weight is 706 g/mol. The fraction of sp³-hybridized carbons (Fsp3) is 0.568. The van der Waals surface area contributed by atoms with Crippen molar-refractivity contribution in [1.82, 2.24) is 30.0 Å². The van der Waals surface area contributed by atoms with Gasteiger partial charge in [-0.05, 0) is 67.9 Å². The Bertz CT molecular complexity index is 1550. The molecule has 276 valence electrons. The second kappa shape index (κ2) is 16.7. The minimum atomic E-state index is -1.01. The lowest BCUT2D eigenvalue weighted by molar-refractivity contribution is -0.142. The third-order valence-electron chi connectivity index (χ3n) is 10.8. The van der Waals surface area contributed by atoms with Gasteiger partial charge in [-0.1, -0.05) is 30.3 Å². The Morgan fingerprint density at radius 3 is 2.29 bits per heavy atom. The van der Waals surface area contributed by atoms with Gasteiger partial charge in [0.05, 0.1) is 13.7 Å². The summed E-state index contributed by atoms with van der Waals surface area (Å²) in [5.74, 6) is -0.199. The Balaban J connectivity index is 1.03. The van der Waals surface area contributed by atoms with Crippen LogP contribution in [0.2, 0.25) is 0 Å². The van der Waals surface area contributed by atoms with E-state index in [2.05, 4.69) is 20.6 Å². The van der Waals surface area contributed by atoms with E-state index in [0.717, 1.165) is 62.3 Å². The van der Waals surface area contributed by atoms with Crippen LogP contribution in [-0.4, -0.2) is 144 Å². The molecule has 4 heterocycles. The van der Waals surface area contributed by atoms with E-state index in [1.165, 1.54) is 7.11 Å². The quantitative estimate of drug-likeness (QED) is 0.335. The van der Waals surface area contributed by atoms with E-state index >= 15 is 0 Å². The Kier molecular flexibility index (Phi) is 11.9. The van der Waals surface area contributed by atoms with E-state index in [0.29, 0.717) is 63.7 Å². The molecule has 6 rings (SSSR count). The van der Waals surface area contributed by atoms with Gasteiger partial charge in [-0.2, -0.15) is 0 Å². The number of hydrogen-bond acceptors (Lipinski definition) is 9. The summed E-state index contributed by atoms with van der Waals surface area (Å²) in [4.78, 5) is 67.2. The molecule has 14 nitrogen and oxygen atoms in total. The summed E-state index contributed by atoms with van der Waals surface area (Å²) in [6, 6.07) is 13.3. The monoisotopic (exact) mass is 705 g/mol. The summed E-state index contributed by atoms with van der Waals surface area (Å²) in [5.41, 5.74) is 5.82. The molecule has 14 heteroatoms. The third-order valence-corrected chi connectivity index (χ3v) is 10.8. The molecular weight excluding hydrogens is 654 g/mol. The molecule has 2 aromatic rings. The average Bonchev–Trinajstić information content (AvgIpc) is 3.31. The number of rotatable bonds is 9. The van der Waals surface area contributed by atoms with Gasteiger partial charge in [-0.25, -0.2) is 15.1 Å². The van der Waals surface area contributed by atoms with Crippen molar-refractivity contribution >= 4 is 29.6 Å². The number of urea groups is 1. The molecule has 2 aromatic carbocycles. The minimum absolute atomic E-state index is 0.000179. The zero-order valence-electron chi connectivity index (χ0n) is 29.7. The number of carbonyl (C=O) groups excluding carboxylic acids is 4. The first-order valence-electron chi connectivity index (χ1n) is 18.1. The number of fused-ring (bicyclic) bond motifs is 1. The number of anilines is 1. The topological polar surface area (TPSA) is 147 Å². The maximum Gasteiger partial charge on any atom is 0.410 e. The number of piperazine rings is 1. The van der Waals surface area contributed by atoms with Crippen LogP contribution in [0.4, 0.5) is 15.3 Å². The molecule has 3 fully saturated rings. The Hall–Kier alpha value is -4.40. The number of carbonyl (C=O) groups is 4. The second-order valence-corrected chi connectivity index (χ2v) is 14.0. The predicted molar refractivity (Wildman–Crippen MR) is 190 cm³/mol. The highest BCUT2D eigenvalue weighted by molar-refractivity contribution is 5.91. The summed E-state index contributed by atoms with van der Waals surface area (Å²) in [5, 5.41) is 13.1. The van der Waals surface area contributed by atoms with Crippen molar-refractivity contribution in [1.29, 1.82) is 0 Å². The lowest BCUT2D eigenvalue weighted by Crippen LogP contribution is -2.56. The van der Waals surface area contributed by atoms with Crippen molar-refractivity contribution in [2.24, 2.45) is 0 Å². The number of phenolic OH excluding ortho intramolecular Hbond substituents is 1. The SMILES string of the molecule is CONC(=O)CN1CCN(C2CCN(C(=O)[C@@H](Cc3ccc(O)c(C)c3)OC(=O)N3CCC(N4CCc5ccccc5NC4=O)CC3)CC2)CC1. The fourth-order valence-electron chi connectivity index (χ4n) is 7.82. The highest BCUT2D eigenvalue weighted by atomic mass is 16.6. The van der Waals surface area contributed by atoms with Crippen molar-refractivity contribution in [2.75, 3.05) is 77.9 Å². The van der Waals surface area contributed by atoms with Gasteiger partial charge < -0.3 is 29.9 Å². The van der Waals surface area contributed by atoms with Gasteiger partial charge >= 0.3 is 12.1 Å². The van der Waals surface area contributed by atoms with Crippen molar-refractivity contribution in [2.45, 2.75) is 63.6 Å². The molecule has 0 saturated carbocycles. The zero-order chi connectivity index (χ0) is 35.9. The molecule has 0 aromatic heterocycles. The van der Waals surface area contributed by atoms with Crippen LogP contribution in [0.5, 0.6) is 5.75 Å². The number of likely N-dealkylation sites (tertiary alicyclic amines) is 2. The second-order valence-electron chi connectivity index (χ2n) is 14.0. The Morgan fingerprint density at radius 1 is 0.902 bits per heavy atom. The molecule has 5 amide bonds. The number of piperidine rings is 2. The minimum Gasteiger partial charge on any atom is -0.508 e. The molecular formula is C37H51N7O7. The molecule has 0 spiro atoms. The van der Waals surface area contributed by atoms with Gasteiger partial charge in [-0.15, -0.1) is 0 Å². The molecule has 3 saturated heterocycles. The van der Waals surface area contributed by atoms with Crippen molar-refractivity contribution in [3.05, 3.63) is 59.2 Å². The number of phenols is 1. The number of amides is 5. The molecule has 0 aliphatic carbocycles. The number of hydrogen-bond donors (Lipinski definition) is 3. The highest BCUT2D eigenvalue weighted by Gasteiger charge is 2.36. The summed E-state index contributed by atoms with van der Waals surface area (Å²) in [7, 11) is 1.43. The first kappa shape index (κ1) is 36.4. The third kappa shape index (κ3) is 9.10. The standard InChI is InChI=1S/C37H51N7O7/c1-26-23-27(7-8-32(26)45)24-33(35(47)42-14-10-29(11-15-42)41-21-19-40(20-22-41)25-34(46)39-50-2)51-37(49)43-16-12-30(13-17-43)44-18-9-28-5-3-4-6-31(28)38-36(44)48/h3-8,23,29-30,33,45H,9-22,24-25H2,1-2H3,(H,38,48)(H,39,46)/t33-/m1/s1. The summed E-state index contributed by atoms with van der Waals surface area (Å²) in [6.45, 7) is 7.98. The van der Waals surface area contributed by atoms with E-state index in [1.54, 1.807) is 24.0 Å². The summed E-state index contributed by atoms with van der Waals surface area (Å²) >= 11 is 0. The molecule has 3 N–H and O–H groups in total. The Morgan fingerprint density at radius 2 is 1.59 bits per heavy atom. The largest absolute Gasteiger partial charge is 0.508 e. The van der Waals surface area contributed by atoms with Gasteiger partial charge in [-0.3, -0.25) is 24.2 Å². The lowest BCUT2D eigenvalue weighted by atomic mass is 10.00. The van der Waals surface area contributed by atoms with E-state index in [-0.39, 0.29) is 36.1 Å². The van der Waals surface area contributed by atoms with Crippen LogP contribution in [0, 0.1) is 6.92 Å². The maximum atomic E-state index is 14.0. The molecule has 4 aliphatic heterocycles. The number of nitrogens with one attached hydrogen (secondary N) is 2. The van der Waals surface area contributed by atoms with E-state index in [9.17, 15) is 24.3 Å². The number of benzene rings is 2. The molecule has 0 radical (unpaired) electrons. The van der Waals surface area contributed by atoms with Crippen molar-refractivity contribution in [3.8, 4) is 5.75 Å². The first-order valence-corrected chi connectivity index (χ1v) is 18.1. The van der Waals surface area contributed by atoms with Crippen LogP contribution in [-0.2, 0) is 32.0 Å². The van der Waals surface area contributed by atoms with Gasteiger partial charge in [0.2, 0.25) is 0 Å². The molecule has 0 unspecified atom stereocenters. The van der Waals surface area contributed by atoms with Gasteiger partial charge in [0, 0.05) is 83.1 Å². The zero-order valence-corrected chi connectivity index (χ0v) is 29.7. The number of aryl methyl sites for hydroxylation is 1. The van der Waals surface area contributed by atoms with Crippen LogP contribution < -0.4 is 10.8 Å². The number of aromatic hydroxyl groups is 1. The smallest absolute Gasteiger partial charge is 0.410 e. The van der Waals surface area contributed by atoms with Crippen LogP contribution in [0.25, 0.3) is 0 Å². The van der Waals surface area contributed by atoms with Crippen LogP contribution in [0.3, 0.4) is 0 Å². The summed E-state index contributed by atoms with van der Waals surface area (Å²) < 4.78 is 6.03. The summed E-state index contributed by atoms with van der Waals surface area (Å²) in [6.07, 6.45) is 2.31. The van der Waals surface area contributed by atoms with E-state index < -0.39 is 12.2 Å². The molecule has 1 atom stereocenters. The van der Waals surface area contributed by atoms with Crippen molar-refractivity contribution in [3.63, 3.8) is 0 Å². The van der Waals surface area contributed by atoms with E-state index in [1.807, 2.05) is 40.1 Å². The predicted octanol–water partition coefficient (Wildman–Crippen LogP) is 2.59. The molecule has 51 heavy (non-hydrogen) atoms. The first-order chi connectivity index (χ1) is 24.7. The fourth-order valence-corrected chi connectivity index (χ4v) is 7.82. The maximum absolute atomic E-state index is 14.0. The number of hydroxylamine groups is 1. The number of para-hydroxylation sites is 1. The molecule has 0 bridgehead atoms. The van der Waals surface area contributed by atoms with Crippen LogP contribution in [0.1, 0.15) is 42.4 Å².